The fourth-order valence-corrected chi connectivity index (χ4v) is 1.84. The van der Waals surface area contributed by atoms with Crippen LogP contribution in [0.15, 0.2) is 30.9 Å². The largest absolute Gasteiger partial charge is 0.481 e. The van der Waals surface area contributed by atoms with E-state index < -0.39 is 5.97 Å². The number of aryl methyl sites for hydroxylation is 1. The van der Waals surface area contributed by atoms with Gasteiger partial charge in [0.05, 0.1) is 12.6 Å². The molecule has 0 radical (unpaired) electrons. The number of rotatable bonds is 4. The maximum Gasteiger partial charge on any atom is 0.303 e. The van der Waals surface area contributed by atoms with Gasteiger partial charge in [-0.05, 0) is 17.5 Å². The molecular weight excluding hydrogens is 230 g/mol. The fraction of sp³-hybridized carbons (Fsp3) is 0.308. The summed E-state index contributed by atoms with van der Waals surface area (Å²) in [7, 11) is 1.85. The Labute approximate surface area is 105 Å². The maximum absolute atomic E-state index is 10.7. The molecule has 1 N–H and O–H groups in total. The van der Waals surface area contributed by atoms with Crippen LogP contribution < -0.4 is 0 Å². The molecule has 0 aliphatic carbocycles. The fourth-order valence-electron chi connectivity index (χ4n) is 1.84. The zero-order valence-electron chi connectivity index (χ0n) is 10.4. The first-order valence-corrected chi connectivity index (χ1v) is 5.72. The van der Waals surface area contributed by atoms with Crippen molar-refractivity contribution in [3.63, 3.8) is 0 Å². The Hall–Kier alpha value is -2.17. The summed E-state index contributed by atoms with van der Waals surface area (Å²) in [6.07, 6.45) is 7.25. The first-order chi connectivity index (χ1) is 8.56. The zero-order valence-corrected chi connectivity index (χ0v) is 10.4. The number of carbonyl (C=O) groups is 1. The van der Waals surface area contributed by atoms with E-state index in [-0.39, 0.29) is 12.3 Å². The molecule has 0 amide bonds. The third kappa shape index (κ3) is 2.74. The van der Waals surface area contributed by atoms with Gasteiger partial charge in [0.15, 0.2) is 0 Å². The lowest BCUT2D eigenvalue weighted by molar-refractivity contribution is -0.137. The van der Waals surface area contributed by atoms with Crippen molar-refractivity contribution >= 4 is 5.97 Å². The van der Waals surface area contributed by atoms with E-state index in [1.807, 2.05) is 26.2 Å². The number of aromatic nitrogens is 3. The van der Waals surface area contributed by atoms with Crippen molar-refractivity contribution in [3.05, 3.63) is 36.4 Å². The van der Waals surface area contributed by atoms with Crippen LogP contribution in [-0.4, -0.2) is 25.8 Å². The number of hydrogen-bond donors (Lipinski definition) is 1. The van der Waals surface area contributed by atoms with Crippen molar-refractivity contribution in [2.24, 2.45) is 7.05 Å². The molecule has 2 heterocycles. The predicted octanol–water partition coefficient (Wildman–Crippen LogP) is 2.06. The number of carboxylic acids is 1. The second-order valence-corrected chi connectivity index (χ2v) is 4.41. The minimum absolute atomic E-state index is 0.0494. The summed E-state index contributed by atoms with van der Waals surface area (Å²) in [5, 5.41) is 12.9. The Morgan fingerprint density at radius 3 is 2.78 bits per heavy atom. The van der Waals surface area contributed by atoms with Crippen LogP contribution in [0.2, 0.25) is 0 Å². The summed E-state index contributed by atoms with van der Waals surface area (Å²) in [6.45, 7) is 1.89. The summed E-state index contributed by atoms with van der Waals surface area (Å²) in [5.41, 5.74) is 2.87. The number of hydrogen-bond acceptors (Lipinski definition) is 3. The van der Waals surface area contributed by atoms with Gasteiger partial charge < -0.3 is 5.11 Å². The smallest absolute Gasteiger partial charge is 0.303 e. The summed E-state index contributed by atoms with van der Waals surface area (Å²) in [4.78, 5) is 14.9. The van der Waals surface area contributed by atoms with E-state index in [0.717, 1.165) is 16.7 Å². The van der Waals surface area contributed by atoms with Crippen molar-refractivity contribution < 1.29 is 9.90 Å². The van der Waals surface area contributed by atoms with Crippen LogP contribution in [0.4, 0.5) is 0 Å². The molecule has 1 atom stereocenters. The standard InChI is InChI=1S/C13H15N3O2/c1-9(3-13(17)18)10-4-11(6-14-5-10)12-7-15-16(2)8-12/h4-9H,3H2,1-2H3,(H,17,18). The molecule has 0 fully saturated rings. The highest BCUT2D eigenvalue weighted by atomic mass is 16.4. The molecule has 2 rings (SSSR count). The Balaban J connectivity index is 2.27. The van der Waals surface area contributed by atoms with Crippen LogP contribution in [0, 0.1) is 0 Å². The summed E-state index contributed by atoms with van der Waals surface area (Å²) in [6, 6.07) is 1.97. The monoisotopic (exact) mass is 245 g/mol. The Morgan fingerprint density at radius 2 is 2.17 bits per heavy atom. The van der Waals surface area contributed by atoms with Gasteiger partial charge in [0.1, 0.15) is 0 Å². The van der Waals surface area contributed by atoms with Gasteiger partial charge >= 0.3 is 5.97 Å². The predicted molar refractivity (Wildman–Crippen MR) is 67.1 cm³/mol. The zero-order chi connectivity index (χ0) is 13.1. The van der Waals surface area contributed by atoms with Gasteiger partial charge in [0, 0.05) is 36.8 Å². The van der Waals surface area contributed by atoms with E-state index in [1.54, 1.807) is 23.3 Å². The van der Waals surface area contributed by atoms with E-state index in [4.69, 9.17) is 5.11 Å². The SMILES string of the molecule is CC(CC(=O)O)c1cncc(-c2cnn(C)c2)c1. The van der Waals surface area contributed by atoms with E-state index in [0.29, 0.717) is 0 Å². The maximum atomic E-state index is 10.7. The van der Waals surface area contributed by atoms with Crippen molar-refractivity contribution in [1.29, 1.82) is 0 Å². The molecule has 0 aliphatic heterocycles. The van der Waals surface area contributed by atoms with Crippen molar-refractivity contribution in [2.45, 2.75) is 19.3 Å². The molecule has 0 aliphatic rings. The second kappa shape index (κ2) is 5.00. The number of pyridine rings is 1. The van der Waals surface area contributed by atoms with Gasteiger partial charge in [-0.3, -0.25) is 14.5 Å². The highest BCUT2D eigenvalue weighted by Gasteiger charge is 2.11. The van der Waals surface area contributed by atoms with Gasteiger partial charge in [-0.2, -0.15) is 5.10 Å². The van der Waals surface area contributed by atoms with Crippen molar-refractivity contribution in [3.8, 4) is 11.1 Å². The lowest BCUT2D eigenvalue weighted by Crippen LogP contribution is -2.03. The average Bonchev–Trinajstić information content (AvgIpc) is 2.75. The first kappa shape index (κ1) is 12.3. The van der Waals surface area contributed by atoms with Crippen LogP contribution in [0.25, 0.3) is 11.1 Å². The summed E-state index contributed by atoms with van der Waals surface area (Å²) in [5.74, 6) is -0.846. The van der Waals surface area contributed by atoms with Gasteiger partial charge in [-0.1, -0.05) is 6.92 Å². The third-order valence-electron chi connectivity index (χ3n) is 2.85. The van der Waals surface area contributed by atoms with Crippen LogP contribution in [-0.2, 0) is 11.8 Å². The van der Waals surface area contributed by atoms with E-state index in [1.165, 1.54) is 0 Å². The minimum Gasteiger partial charge on any atom is -0.481 e. The number of aliphatic carboxylic acids is 1. The molecule has 0 saturated carbocycles. The third-order valence-corrected chi connectivity index (χ3v) is 2.85. The van der Waals surface area contributed by atoms with E-state index in [2.05, 4.69) is 10.1 Å². The topological polar surface area (TPSA) is 68.0 Å². The van der Waals surface area contributed by atoms with Gasteiger partial charge in [0.25, 0.3) is 0 Å². The lowest BCUT2D eigenvalue weighted by atomic mass is 9.97. The Morgan fingerprint density at radius 1 is 1.39 bits per heavy atom. The second-order valence-electron chi connectivity index (χ2n) is 4.41. The normalized spacial score (nSPS) is 12.3. The van der Waals surface area contributed by atoms with Crippen LogP contribution in [0.3, 0.4) is 0 Å². The van der Waals surface area contributed by atoms with Crippen LogP contribution in [0.1, 0.15) is 24.8 Å². The lowest BCUT2D eigenvalue weighted by Gasteiger charge is -2.09. The summed E-state index contributed by atoms with van der Waals surface area (Å²) < 4.78 is 1.72. The van der Waals surface area contributed by atoms with Crippen molar-refractivity contribution in [2.75, 3.05) is 0 Å². The van der Waals surface area contributed by atoms with E-state index >= 15 is 0 Å². The Bertz CT molecular complexity index is 563. The first-order valence-electron chi connectivity index (χ1n) is 5.72. The molecule has 0 bridgehead atoms. The van der Waals surface area contributed by atoms with Gasteiger partial charge in [-0.25, -0.2) is 0 Å². The molecule has 5 heteroatoms. The molecule has 2 aromatic rings. The van der Waals surface area contributed by atoms with Crippen LogP contribution >= 0.6 is 0 Å². The van der Waals surface area contributed by atoms with E-state index in [9.17, 15) is 4.79 Å². The number of carboxylic acid groups (broad SMARTS) is 1. The number of nitrogens with zero attached hydrogens (tertiary/aromatic N) is 3. The summed E-state index contributed by atoms with van der Waals surface area (Å²) >= 11 is 0. The van der Waals surface area contributed by atoms with Crippen molar-refractivity contribution in [1.82, 2.24) is 14.8 Å². The molecule has 0 aromatic carbocycles. The van der Waals surface area contributed by atoms with Gasteiger partial charge in [-0.15, -0.1) is 0 Å². The van der Waals surface area contributed by atoms with Gasteiger partial charge in [0.2, 0.25) is 0 Å². The average molecular weight is 245 g/mol. The highest BCUT2D eigenvalue weighted by Crippen LogP contribution is 2.24. The minimum atomic E-state index is -0.797. The van der Waals surface area contributed by atoms with Crippen LogP contribution in [0.5, 0.6) is 0 Å². The quantitative estimate of drug-likeness (QED) is 0.895. The molecule has 0 saturated heterocycles. The highest BCUT2D eigenvalue weighted by molar-refractivity contribution is 5.68. The molecule has 2 aromatic heterocycles. The molecule has 1 unspecified atom stereocenters. The molecule has 18 heavy (non-hydrogen) atoms. The Kier molecular flexibility index (Phi) is 3.41. The molecule has 0 spiro atoms. The molecular formula is C13H15N3O2. The molecule has 94 valence electrons. The molecule has 5 nitrogen and oxygen atoms in total.